The van der Waals surface area contributed by atoms with Crippen LogP contribution < -0.4 is 14.8 Å². The highest BCUT2D eigenvalue weighted by Gasteiger charge is 2.18. The Morgan fingerprint density at radius 3 is 2.55 bits per heavy atom. The molecule has 2 heterocycles. The van der Waals surface area contributed by atoms with E-state index in [0.717, 1.165) is 28.2 Å². The van der Waals surface area contributed by atoms with E-state index in [1.807, 2.05) is 72.6 Å². The van der Waals surface area contributed by atoms with E-state index >= 15 is 0 Å². The maximum absolute atomic E-state index is 13.2. The molecule has 0 aliphatic heterocycles. The molecule has 0 saturated heterocycles. The van der Waals surface area contributed by atoms with Crippen LogP contribution in [-0.4, -0.2) is 53.6 Å². The highest BCUT2D eigenvalue weighted by Crippen LogP contribution is 2.27. The van der Waals surface area contributed by atoms with Gasteiger partial charge in [-0.05, 0) is 61.7 Å². The molecule has 2 aromatic carbocycles. The standard InChI is InChI=1S/C31H36N4O4S/c1-5-16-35(31(37)24-11-8-22(2)9-12-24)19-25-7-6-17-34(25)20-29-33-26(21-40-29)30(36)32-15-14-23-10-13-27(38-3)28(18-23)39-4/h6-13,17-18,21H,5,14-16,19-20H2,1-4H3,(H,32,36). The molecule has 0 unspecified atom stereocenters. The summed E-state index contributed by atoms with van der Waals surface area (Å²) >= 11 is 1.45. The van der Waals surface area contributed by atoms with Crippen molar-refractivity contribution >= 4 is 23.2 Å². The van der Waals surface area contributed by atoms with E-state index in [0.29, 0.717) is 55.4 Å². The summed E-state index contributed by atoms with van der Waals surface area (Å²) in [5.74, 6) is 1.16. The zero-order valence-corrected chi connectivity index (χ0v) is 24.3. The molecule has 0 saturated carbocycles. The summed E-state index contributed by atoms with van der Waals surface area (Å²) in [5.41, 5.74) is 4.28. The van der Waals surface area contributed by atoms with Crippen molar-refractivity contribution < 1.29 is 19.1 Å². The summed E-state index contributed by atoms with van der Waals surface area (Å²) < 4.78 is 12.7. The Kier molecular flexibility index (Phi) is 9.96. The summed E-state index contributed by atoms with van der Waals surface area (Å²) in [6, 6.07) is 17.4. The zero-order chi connectivity index (χ0) is 28.5. The number of carbonyl (C=O) groups excluding carboxylic acids is 2. The van der Waals surface area contributed by atoms with Crippen LogP contribution in [0.2, 0.25) is 0 Å². The van der Waals surface area contributed by atoms with E-state index in [2.05, 4.69) is 21.8 Å². The van der Waals surface area contributed by atoms with Gasteiger partial charge in [0.2, 0.25) is 0 Å². The molecule has 2 amide bonds. The van der Waals surface area contributed by atoms with Crippen LogP contribution in [0.15, 0.2) is 66.2 Å². The summed E-state index contributed by atoms with van der Waals surface area (Å²) in [5, 5.41) is 5.57. The molecule has 0 fully saturated rings. The van der Waals surface area contributed by atoms with Crippen LogP contribution >= 0.6 is 11.3 Å². The minimum absolute atomic E-state index is 0.0240. The number of ether oxygens (including phenoxy) is 2. The minimum Gasteiger partial charge on any atom is -0.493 e. The van der Waals surface area contributed by atoms with E-state index in [9.17, 15) is 9.59 Å². The number of aromatic nitrogens is 2. The van der Waals surface area contributed by atoms with Crippen LogP contribution in [0.1, 0.15) is 56.0 Å². The van der Waals surface area contributed by atoms with Crippen molar-refractivity contribution in [3.05, 3.63) is 99.3 Å². The molecule has 8 nitrogen and oxygen atoms in total. The number of hydrogen-bond donors (Lipinski definition) is 1. The number of carbonyl (C=O) groups is 2. The van der Waals surface area contributed by atoms with Crippen LogP contribution in [0.3, 0.4) is 0 Å². The van der Waals surface area contributed by atoms with Gasteiger partial charge in [-0.15, -0.1) is 11.3 Å². The first-order valence-electron chi connectivity index (χ1n) is 13.3. The lowest BCUT2D eigenvalue weighted by atomic mass is 10.1. The SMILES string of the molecule is CCCN(Cc1cccn1Cc1nc(C(=O)NCCc2ccc(OC)c(OC)c2)cs1)C(=O)c1ccc(C)cc1. The maximum atomic E-state index is 13.2. The van der Waals surface area contributed by atoms with E-state index in [1.54, 1.807) is 19.6 Å². The topological polar surface area (TPSA) is 85.7 Å². The van der Waals surface area contributed by atoms with Gasteiger partial charge in [0.25, 0.3) is 11.8 Å². The monoisotopic (exact) mass is 560 g/mol. The molecule has 40 heavy (non-hydrogen) atoms. The molecular weight excluding hydrogens is 524 g/mol. The van der Waals surface area contributed by atoms with Gasteiger partial charge in [-0.3, -0.25) is 9.59 Å². The van der Waals surface area contributed by atoms with E-state index < -0.39 is 0 Å². The van der Waals surface area contributed by atoms with Crippen LogP contribution in [0.25, 0.3) is 0 Å². The first-order valence-corrected chi connectivity index (χ1v) is 14.2. The average molecular weight is 561 g/mol. The number of amides is 2. The molecule has 0 aliphatic carbocycles. The third-order valence-corrected chi connectivity index (χ3v) is 7.43. The van der Waals surface area contributed by atoms with Crippen LogP contribution in [0, 0.1) is 6.92 Å². The second-order valence-corrected chi connectivity index (χ2v) is 10.5. The summed E-state index contributed by atoms with van der Waals surface area (Å²) in [6.07, 6.45) is 3.51. The number of hydrogen-bond acceptors (Lipinski definition) is 6. The number of thiazole rings is 1. The Labute approximate surface area is 239 Å². The second-order valence-electron chi connectivity index (χ2n) is 9.54. The van der Waals surface area contributed by atoms with E-state index in [-0.39, 0.29) is 11.8 Å². The van der Waals surface area contributed by atoms with Crippen LogP contribution in [0.5, 0.6) is 11.5 Å². The van der Waals surface area contributed by atoms with Crippen molar-refractivity contribution in [3.63, 3.8) is 0 Å². The van der Waals surface area contributed by atoms with Gasteiger partial charge in [-0.2, -0.15) is 0 Å². The Morgan fingerprint density at radius 2 is 1.82 bits per heavy atom. The fraction of sp³-hybridized carbons (Fsp3) is 0.323. The Bertz CT molecular complexity index is 1430. The maximum Gasteiger partial charge on any atom is 0.270 e. The number of rotatable bonds is 13. The van der Waals surface area contributed by atoms with Gasteiger partial charge in [0, 0.05) is 35.9 Å². The lowest BCUT2D eigenvalue weighted by Crippen LogP contribution is -2.32. The van der Waals surface area contributed by atoms with Crippen molar-refractivity contribution in [2.75, 3.05) is 27.3 Å². The van der Waals surface area contributed by atoms with Crippen LogP contribution in [-0.2, 0) is 19.5 Å². The number of methoxy groups -OCH3 is 2. The van der Waals surface area contributed by atoms with Gasteiger partial charge < -0.3 is 24.3 Å². The molecule has 9 heteroatoms. The summed E-state index contributed by atoms with van der Waals surface area (Å²) in [4.78, 5) is 32.4. The molecule has 2 aromatic heterocycles. The number of aryl methyl sites for hydroxylation is 1. The van der Waals surface area contributed by atoms with Crippen molar-refractivity contribution in [1.82, 2.24) is 19.8 Å². The predicted octanol–water partition coefficient (Wildman–Crippen LogP) is 5.34. The lowest BCUT2D eigenvalue weighted by molar-refractivity contribution is 0.0739. The minimum atomic E-state index is -0.200. The lowest BCUT2D eigenvalue weighted by Gasteiger charge is -2.23. The van der Waals surface area contributed by atoms with Crippen molar-refractivity contribution in [1.29, 1.82) is 0 Å². The summed E-state index contributed by atoms with van der Waals surface area (Å²) in [6.45, 7) is 6.27. The quantitative estimate of drug-likeness (QED) is 0.239. The number of nitrogens with zero attached hydrogens (tertiary/aromatic N) is 3. The highest BCUT2D eigenvalue weighted by molar-refractivity contribution is 7.09. The third-order valence-electron chi connectivity index (χ3n) is 6.59. The fourth-order valence-corrected chi connectivity index (χ4v) is 5.20. The number of nitrogens with one attached hydrogen (secondary N) is 1. The van der Waals surface area contributed by atoms with Gasteiger partial charge in [0.05, 0.1) is 27.3 Å². The van der Waals surface area contributed by atoms with Crippen LogP contribution in [0.4, 0.5) is 0 Å². The predicted molar refractivity (Wildman–Crippen MR) is 157 cm³/mol. The largest absolute Gasteiger partial charge is 0.493 e. The molecule has 210 valence electrons. The van der Waals surface area contributed by atoms with Gasteiger partial charge in [0.15, 0.2) is 11.5 Å². The zero-order valence-electron chi connectivity index (χ0n) is 23.5. The molecular formula is C31H36N4O4S. The molecule has 0 aliphatic rings. The van der Waals surface area contributed by atoms with Crippen molar-refractivity contribution in [2.45, 2.75) is 39.8 Å². The molecule has 0 radical (unpaired) electrons. The van der Waals surface area contributed by atoms with Gasteiger partial charge >= 0.3 is 0 Å². The first-order chi connectivity index (χ1) is 19.4. The van der Waals surface area contributed by atoms with Gasteiger partial charge in [0.1, 0.15) is 10.7 Å². The van der Waals surface area contributed by atoms with Crippen molar-refractivity contribution in [2.24, 2.45) is 0 Å². The fourth-order valence-electron chi connectivity index (χ4n) is 4.42. The summed E-state index contributed by atoms with van der Waals surface area (Å²) in [7, 11) is 3.21. The first kappa shape index (κ1) is 28.9. The Balaban J connectivity index is 1.35. The van der Waals surface area contributed by atoms with Gasteiger partial charge in [-0.1, -0.05) is 30.7 Å². The smallest absolute Gasteiger partial charge is 0.270 e. The Morgan fingerprint density at radius 1 is 1.05 bits per heavy atom. The van der Waals surface area contributed by atoms with Gasteiger partial charge in [-0.25, -0.2) is 4.98 Å². The second kappa shape index (κ2) is 13.8. The normalized spacial score (nSPS) is 10.8. The third kappa shape index (κ3) is 7.30. The Hall–Kier alpha value is -4.11. The molecule has 0 atom stereocenters. The molecule has 0 bridgehead atoms. The van der Waals surface area contributed by atoms with E-state index in [4.69, 9.17) is 9.47 Å². The highest BCUT2D eigenvalue weighted by atomic mass is 32.1. The van der Waals surface area contributed by atoms with Crippen molar-refractivity contribution in [3.8, 4) is 11.5 Å². The molecule has 1 N–H and O–H groups in total. The molecule has 4 rings (SSSR count). The molecule has 0 spiro atoms. The van der Waals surface area contributed by atoms with E-state index in [1.165, 1.54) is 11.3 Å². The number of benzene rings is 2. The molecule has 4 aromatic rings. The average Bonchev–Trinajstić information content (AvgIpc) is 3.62.